The van der Waals surface area contributed by atoms with Crippen LogP contribution in [0, 0.1) is 12.8 Å². The van der Waals surface area contributed by atoms with Crippen LogP contribution >= 0.6 is 0 Å². The highest BCUT2D eigenvalue weighted by molar-refractivity contribution is 5.50. The molecule has 5 heteroatoms. The zero-order chi connectivity index (χ0) is 13.7. The number of nitrogens with two attached hydrogens (primary N) is 1. The van der Waals surface area contributed by atoms with E-state index in [9.17, 15) is 0 Å². The van der Waals surface area contributed by atoms with Gasteiger partial charge in [-0.2, -0.15) is 0 Å². The molecule has 1 aliphatic heterocycles. The molecule has 1 fully saturated rings. The molecule has 1 aliphatic rings. The molecule has 0 radical (unpaired) electrons. The number of piperidine rings is 1. The molecule has 2 heterocycles. The first-order chi connectivity index (χ1) is 9.22. The molecule has 2 rings (SSSR count). The maximum absolute atomic E-state index is 5.79. The largest absolute Gasteiger partial charge is 0.366 e. The SMILES string of the molecule is C=CCNc1cc(N2CCCC(CN)C2)nc(C)n1. The number of rotatable bonds is 5. The summed E-state index contributed by atoms with van der Waals surface area (Å²) in [5.74, 6) is 3.22. The molecule has 0 spiro atoms. The van der Waals surface area contributed by atoms with E-state index in [1.807, 2.05) is 19.1 Å². The fourth-order valence-corrected chi connectivity index (χ4v) is 2.45. The van der Waals surface area contributed by atoms with Gasteiger partial charge in [-0.1, -0.05) is 6.08 Å². The summed E-state index contributed by atoms with van der Waals surface area (Å²) in [5.41, 5.74) is 5.79. The Kier molecular flexibility index (Phi) is 4.74. The summed E-state index contributed by atoms with van der Waals surface area (Å²) in [6.07, 6.45) is 4.22. The lowest BCUT2D eigenvalue weighted by atomic mass is 9.98. The van der Waals surface area contributed by atoms with E-state index < -0.39 is 0 Å². The van der Waals surface area contributed by atoms with E-state index in [-0.39, 0.29) is 0 Å². The van der Waals surface area contributed by atoms with Crippen molar-refractivity contribution in [3.8, 4) is 0 Å². The van der Waals surface area contributed by atoms with Crippen molar-refractivity contribution in [2.24, 2.45) is 11.7 Å². The quantitative estimate of drug-likeness (QED) is 0.787. The van der Waals surface area contributed by atoms with Crippen molar-refractivity contribution in [1.82, 2.24) is 9.97 Å². The van der Waals surface area contributed by atoms with Crippen LogP contribution in [-0.2, 0) is 0 Å². The Morgan fingerprint density at radius 2 is 2.42 bits per heavy atom. The van der Waals surface area contributed by atoms with Crippen LogP contribution in [-0.4, -0.2) is 36.1 Å². The van der Waals surface area contributed by atoms with Crippen molar-refractivity contribution in [2.45, 2.75) is 19.8 Å². The van der Waals surface area contributed by atoms with Gasteiger partial charge in [0.1, 0.15) is 17.5 Å². The van der Waals surface area contributed by atoms with E-state index in [4.69, 9.17) is 5.73 Å². The van der Waals surface area contributed by atoms with Crippen LogP contribution in [0.4, 0.5) is 11.6 Å². The minimum atomic E-state index is 0.577. The van der Waals surface area contributed by atoms with E-state index in [0.29, 0.717) is 12.5 Å². The third-order valence-corrected chi connectivity index (χ3v) is 3.43. The molecule has 0 saturated carbocycles. The van der Waals surface area contributed by atoms with Crippen LogP contribution in [0.1, 0.15) is 18.7 Å². The minimum absolute atomic E-state index is 0.577. The third kappa shape index (κ3) is 3.67. The van der Waals surface area contributed by atoms with Gasteiger partial charge in [0.25, 0.3) is 0 Å². The van der Waals surface area contributed by atoms with Gasteiger partial charge in [-0.15, -0.1) is 6.58 Å². The highest BCUT2D eigenvalue weighted by Crippen LogP contribution is 2.22. The number of aryl methyl sites for hydroxylation is 1. The number of nitrogens with one attached hydrogen (secondary N) is 1. The predicted molar refractivity (Wildman–Crippen MR) is 79.4 cm³/mol. The zero-order valence-electron chi connectivity index (χ0n) is 11.6. The molecule has 0 aliphatic carbocycles. The topological polar surface area (TPSA) is 67.1 Å². The predicted octanol–water partition coefficient (Wildman–Crippen LogP) is 1.56. The van der Waals surface area contributed by atoms with Gasteiger partial charge in [-0.25, -0.2) is 9.97 Å². The van der Waals surface area contributed by atoms with Crippen molar-refractivity contribution in [3.05, 3.63) is 24.5 Å². The molecule has 1 unspecified atom stereocenters. The Labute approximate surface area is 114 Å². The molecule has 0 aromatic carbocycles. The third-order valence-electron chi connectivity index (χ3n) is 3.43. The molecule has 5 nitrogen and oxygen atoms in total. The van der Waals surface area contributed by atoms with E-state index in [2.05, 4.69) is 26.8 Å². The van der Waals surface area contributed by atoms with Gasteiger partial charge < -0.3 is 16.0 Å². The maximum Gasteiger partial charge on any atom is 0.134 e. The first kappa shape index (κ1) is 13.8. The van der Waals surface area contributed by atoms with Gasteiger partial charge in [0, 0.05) is 25.7 Å². The Morgan fingerprint density at radius 1 is 1.58 bits per heavy atom. The first-order valence-corrected chi connectivity index (χ1v) is 6.88. The fraction of sp³-hybridized carbons (Fsp3) is 0.571. The van der Waals surface area contributed by atoms with Crippen LogP contribution in [0.15, 0.2) is 18.7 Å². The molecule has 3 N–H and O–H groups in total. The molecular weight excluding hydrogens is 238 g/mol. The van der Waals surface area contributed by atoms with E-state index in [1.165, 1.54) is 12.8 Å². The summed E-state index contributed by atoms with van der Waals surface area (Å²) in [6.45, 7) is 9.13. The smallest absolute Gasteiger partial charge is 0.134 e. The maximum atomic E-state index is 5.79. The Hall–Kier alpha value is -1.62. The number of hydrogen-bond acceptors (Lipinski definition) is 5. The van der Waals surface area contributed by atoms with Crippen LogP contribution in [0.5, 0.6) is 0 Å². The number of nitrogens with zero attached hydrogens (tertiary/aromatic N) is 3. The molecule has 0 amide bonds. The van der Waals surface area contributed by atoms with Crippen LogP contribution in [0.3, 0.4) is 0 Å². The van der Waals surface area contributed by atoms with Gasteiger partial charge in [0.15, 0.2) is 0 Å². The molecule has 1 aromatic rings. The van der Waals surface area contributed by atoms with Gasteiger partial charge >= 0.3 is 0 Å². The molecule has 1 aromatic heterocycles. The fourth-order valence-electron chi connectivity index (χ4n) is 2.45. The van der Waals surface area contributed by atoms with E-state index >= 15 is 0 Å². The second-order valence-electron chi connectivity index (χ2n) is 5.02. The summed E-state index contributed by atoms with van der Waals surface area (Å²) in [7, 11) is 0. The van der Waals surface area contributed by atoms with E-state index in [0.717, 1.165) is 37.1 Å². The molecule has 1 atom stereocenters. The average Bonchev–Trinajstić information content (AvgIpc) is 2.44. The Morgan fingerprint density at radius 3 is 3.16 bits per heavy atom. The molecule has 104 valence electrons. The summed E-state index contributed by atoms with van der Waals surface area (Å²) >= 11 is 0. The molecular formula is C14H23N5. The van der Waals surface area contributed by atoms with Gasteiger partial charge in [-0.05, 0) is 32.2 Å². The standard InChI is InChI=1S/C14H23N5/c1-3-6-16-13-8-14(18-11(2)17-13)19-7-4-5-12(9-15)10-19/h3,8,12H,1,4-7,9-10,15H2,2H3,(H,16,17,18). The second kappa shape index (κ2) is 6.52. The van der Waals surface area contributed by atoms with Gasteiger partial charge in [0.05, 0.1) is 0 Å². The zero-order valence-corrected chi connectivity index (χ0v) is 11.6. The highest BCUT2D eigenvalue weighted by atomic mass is 15.2. The lowest BCUT2D eigenvalue weighted by molar-refractivity contribution is 0.421. The molecule has 0 bridgehead atoms. The summed E-state index contributed by atoms with van der Waals surface area (Å²) in [6, 6.07) is 2.01. The van der Waals surface area contributed by atoms with Crippen LogP contribution < -0.4 is 16.0 Å². The summed E-state index contributed by atoms with van der Waals surface area (Å²) < 4.78 is 0. The lowest BCUT2D eigenvalue weighted by Gasteiger charge is -2.33. The number of hydrogen-bond donors (Lipinski definition) is 2. The van der Waals surface area contributed by atoms with Crippen molar-refractivity contribution < 1.29 is 0 Å². The van der Waals surface area contributed by atoms with Crippen molar-refractivity contribution in [1.29, 1.82) is 0 Å². The van der Waals surface area contributed by atoms with Crippen LogP contribution in [0.2, 0.25) is 0 Å². The summed E-state index contributed by atoms with van der Waals surface area (Å²) in [5, 5.41) is 3.22. The van der Waals surface area contributed by atoms with E-state index in [1.54, 1.807) is 0 Å². The normalized spacial score (nSPS) is 19.3. The number of aromatic nitrogens is 2. The minimum Gasteiger partial charge on any atom is -0.366 e. The first-order valence-electron chi connectivity index (χ1n) is 6.88. The van der Waals surface area contributed by atoms with Crippen molar-refractivity contribution in [2.75, 3.05) is 36.4 Å². The molecule has 1 saturated heterocycles. The number of anilines is 2. The van der Waals surface area contributed by atoms with Crippen LogP contribution in [0.25, 0.3) is 0 Å². The van der Waals surface area contributed by atoms with Crippen molar-refractivity contribution >= 4 is 11.6 Å². The highest BCUT2D eigenvalue weighted by Gasteiger charge is 2.20. The average molecular weight is 261 g/mol. The monoisotopic (exact) mass is 261 g/mol. The molecule has 19 heavy (non-hydrogen) atoms. The van der Waals surface area contributed by atoms with Crippen molar-refractivity contribution in [3.63, 3.8) is 0 Å². The Balaban J connectivity index is 2.14. The lowest BCUT2D eigenvalue weighted by Crippen LogP contribution is -2.39. The second-order valence-corrected chi connectivity index (χ2v) is 5.02. The Bertz CT molecular complexity index is 432. The van der Waals surface area contributed by atoms with Gasteiger partial charge in [0.2, 0.25) is 0 Å². The summed E-state index contributed by atoms with van der Waals surface area (Å²) in [4.78, 5) is 11.2. The van der Waals surface area contributed by atoms with Gasteiger partial charge in [-0.3, -0.25) is 0 Å².